The van der Waals surface area contributed by atoms with Crippen LogP contribution in [-0.4, -0.2) is 48.2 Å². The van der Waals surface area contributed by atoms with Gasteiger partial charge in [-0.1, -0.05) is 12.1 Å². The van der Waals surface area contributed by atoms with Gasteiger partial charge in [0.25, 0.3) is 0 Å². The molecule has 0 saturated heterocycles. The highest BCUT2D eigenvalue weighted by Crippen LogP contribution is 2.03. The second-order valence-electron chi connectivity index (χ2n) is 5.37. The number of amides is 1. The minimum atomic E-state index is -0.251. The molecule has 1 aromatic rings. The molecule has 5 heteroatoms. The van der Waals surface area contributed by atoms with Gasteiger partial charge in [-0.2, -0.15) is 0 Å². The van der Waals surface area contributed by atoms with Crippen LogP contribution in [-0.2, 0) is 11.2 Å². The number of carbonyl (C=O) groups excluding carboxylic acids is 1. The lowest BCUT2D eigenvalue weighted by atomic mass is 10.1. The van der Waals surface area contributed by atoms with Crippen molar-refractivity contribution in [3.63, 3.8) is 0 Å². The topological polar surface area (TPSA) is 52.6 Å². The van der Waals surface area contributed by atoms with Gasteiger partial charge in [-0.15, -0.1) is 0 Å². The highest BCUT2D eigenvalue weighted by molar-refractivity contribution is 5.78. The molecule has 0 spiro atoms. The number of nitrogens with one attached hydrogen (secondary N) is 1. The SMILES string of the molecule is CC(C)N(CCCO)CC(=O)NCCc1ccc(F)cc1. The summed E-state index contributed by atoms with van der Waals surface area (Å²) in [6.07, 6.45) is 1.35. The molecule has 0 fully saturated rings. The maximum Gasteiger partial charge on any atom is 0.234 e. The number of benzene rings is 1. The fourth-order valence-electron chi connectivity index (χ4n) is 2.03. The molecule has 0 atom stereocenters. The first-order valence-electron chi connectivity index (χ1n) is 7.39. The molecule has 1 amide bonds. The van der Waals surface area contributed by atoms with E-state index in [1.807, 2.05) is 18.7 Å². The van der Waals surface area contributed by atoms with E-state index in [0.29, 0.717) is 32.5 Å². The molecule has 1 aromatic carbocycles. The number of rotatable bonds is 9. The maximum atomic E-state index is 12.8. The summed E-state index contributed by atoms with van der Waals surface area (Å²) in [7, 11) is 0. The van der Waals surface area contributed by atoms with Gasteiger partial charge in [0.05, 0.1) is 6.54 Å². The van der Waals surface area contributed by atoms with Crippen LogP contribution < -0.4 is 5.32 Å². The third kappa shape index (κ3) is 7.20. The molecule has 0 radical (unpaired) electrons. The first-order chi connectivity index (χ1) is 10.0. The van der Waals surface area contributed by atoms with E-state index >= 15 is 0 Å². The number of halogens is 1. The van der Waals surface area contributed by atoms with Crippen molar-refractivity contribution in [3.8, 4) is 0 Å². The van der Waals surface area contributed by atoms with E-state index in [2.05, 4.69) is 5.32 Å². The zero-order valence-corrected chi connectivity index (χ0v) is 12.8. The first kappa shape index (κ1) is 17.6. The molecule has 4 nitrogen and oxygen atoms in total. The summed E-state index contributed by atoms with van der Waals surface area (Å²) < 4.78 is 12.8. The average molecular weight is 296 g/mol. The number of aliphatic hydroxyl groups excluding tert-OH is 1. The minimum Gasteiger partial charge on any atom is -0.396 e. The number of nitrogens with zero attached hydrogens (tertiary/aromatic N) is 1. The lowest BCUT2D eigenvalue weighted by Crippen LogP contribution is -2.42. The van der Waals surface area contributed by atoms with Crippen molar-refractivity contribution >= 4 is 5.91 Å². The van der Waals surface area contributed by atoms with Gasteiger partial charge < -0.3 is 10.4 Å². The zero-order valence-electron chi connectivity index (χ0n) is 12.8. The Labute approximate surface area is 126 Å². The van der Waals surface area contributed by atoms with Gasteiger partial charge in [-0.05, 0) is 44.4 Å². The van der Waals surface area contributed by atoms with Gasteiger partial charge >= 0.3 is 0 Å². The molecule has 21 heavy (non-hydrogen) atoms. The Bertz CT molecular complexity index is 421. The Hall–Kier alpha value is -1.46. The van der Waals surface area contributed by atoms with Gasteiger partial charge in [0, 0.05) is 25.7 Å². The van der Waals surface area contributed by atoms with Crippen molar-refractivity contribution in [2.24, 2.45) is 0 Å². The predicted molar refractivity (Wildman–Crippen MR) is 81.5 cm³/mol. The van der Waals surface area contributed by atoms with Crippen LogP contribution in [0.1, 0.15) is 25.8 Å². The summed E-state index contributed by atoms with van der Waals surface area (Å²) in [5.74, 6) is -0.275. The molecule has 118 valence electrons. The Morgan fingerprint density at radius 2 is 2.00 bits per heavy atom. The molecule has 0 saturated carbocycles. The normalized spacial score (nSPS) is 11.1. The Kier molecular flexibility index (Phi) is 7.93. The van der Waals surface area contributed by atoms with Gasteiger partial charge in [0.1, 0.15) is 5.82 Å². The second-order valence-corrected chi connectivity index (χ2v) is 5.37. The third-order valence-electron chi connectivity index (χ3n) is 3.33. The number of hydrogen-bond donors (Lipinski definition) is 2. The predicted octanol–water partition coefficient (Wildman–Crippen LogP) is 1.58. The summed E-state index contributed by atoms with van der Waals surface area (Å²) in [5, 5.41) is 11.7. The van der Waals surface area contributed by atoms with Gasteiger partial charge in [0.15, 0.2) is 0 Å². The lowest BCUT2D eigenvalue weighted by molar-refractivity contribution is -0.122. The fourth-order valence-corrected chi connectivity index (χ4v) is 2.03. The largest absolute Gasteiger partial charge is 0.396 e. The van der Waals surface area contributed by atoms with Crippen LogP contribution in [0.4, 0.5) is 4.39 Å². The van der Waals surface area contributed by atoms with E-state index in [1.54, 1.807) is 12.1 Å². The van der Waals surface area contributed by atoms with Crippen LogP contribution in [0.25, 0.3) is 0 Å². The average Bonchev–Trinajstić information content (AvgIpc) is 2.45. The first-order valence-corrected chi connectivity index (χ1v) is 7.39. The fraction of sp³-hybridized carbons (Fsp3) is 0.562. The van der Waals surface area contributed by atoms with Crippen molar-refractivity contribution in [1.82, 2.24) is 10.2 Å². The summed E-state index contributed by atoms with van der Waals surface area (Å²) in [6, 6.07) is 6.56. The van der Waals surface area contributed by atoms with Crippen LogP contribution in [0.15, 0.2) is 24.3 Å². The third-order valence-corrected chi connectivity index (χ3v) is 3.33. The molecule has 0 aromatic heterocycles. The highest BCUT2D eigenvalue weighted by Gasteiger charge is 2.13. The van der Waals surface area contributed by atoms with Crippen molar-refractivity contribution in [1.29, 1.82) is 0 Å². The summed E-state index contributed by atoms with van der Waals surface area (Å²) in [4.78, 5) is 13.9. The monoisotopic (exact) mass is 296 g/mol. The number of carbonyl (C=O) groups is 1. The van der Waals surface area contributed by atoms with Crippen molar-refractivity contribution in [3.05, 3.63) is 35.6 Å². The van der Waals surface area contributed by atoms with E-state index in [9.17, 15) is 9.18 Å². The molecule has 0 unspecified atom stereocenters. The van der Waals surface area contributed by atoms with Crippen LogP contribution in [0, 0.1) is 5.82 Å². The molecule has 1 rings (SSSR count). The Morgan fingerprint density at radius 1 is 1.33 bits per heavy atom. The van der Waals surface area contributed by atoms with E-state index in [4.69, 9.17) is 5.11 Å². The summed E-state index contributed by atoms with van der Waals surface area (Å²) >= 11 is 0. The van der Waals surface area contributed by atoms with Crippen LogP contribution in [0.3, 0.4) is 0 Å². The molecule has 0 heterocycles. The number of hydrogen-bond acceptors (Lipinski definition) is 3. The van der Waals surface area contributed by atoms with Gasteiger partial charge in [-0.25, -0.2) is 4.39 Å². The molecule has 0 aliphatic heterocycles. The van der Waals surface area contributed by atoms with Crippen molar-refractivity contribution in [2.45, 2.75) is 32.7 Å². The molecule has 0 aliphatic rings. The zero-order chi connectivity index (χ0) is 15.7. The summed E-state index contributed by atoms with van der Waals surface area (Å²) in [5.41, 5.74) is 0.998. The maximum absolute atomic E-state index is 12.8. The van der Waals surface area contributed by atoms with Gasteiger partial charge in [0.2, 0.25) is 5.91 Å². The van der Waals surface area contributed by atoms with Crippen molar-refractivity contribution < 1.29 is 14.3 Å². The van der Waals surface area contributed by atoms with Crippen LogP contribution >= 0.6 is 0 Å². The summed E-state index contributed by atoms with van der Waals surface area (Å²) in [6.45, 7) is 5.78. The van der Waals surface area contributed by atoms with E-state index < -0.39 is 0 Å². The Morgan fingerprint density at radius 3 is 2.57 bits per heavy atom. The molecule has 0 aliphatic carbocycles. The van der Waals surface area contributed by atoms with Crippen LogP contribution in [0.2, 0.25) is 0 Å². The number of aliphatic hydroxyl groups is 1. The van der Waals surface area contributed by atoms with Gasteiger partial charge in [-0.3, -0.25) is 9.69 Å². The standard InChI is InChI=1S/C16H25FN2O2/c1-13(2)19(10-3-11-20)12-16(21)18-9-8-14-4-6-15(17)7-5-14/h4-7,13,20H,3,8-12H2,1-2H3,(H,18,21). The van der Waals surface area contributed by atoms with Crippen LogP contribution in [0.5, 0.6) is 0 Å². The van der Waals surface area contributed by atoms with Crippen molar-refractivity contribution in [2.75, 3.05) is 26.2 Å². The lowest BCUT2D eigenvalue weighted by Gasteiger charge is -2.25. The quantitative estimate of drug-likeness (QED) is 0.727. The second kappa shape index (κ2) is 9.47. The molecular weight excluding hydrogens is 271 g/mol. The smallest absolute Gasteiger partial charge is 0.234 e. The van der Waals surface area contributed by atoms with E-state index in [0.717, 1.165) is 5.56 Å². The molecular formula is C16H25FN2O2. The Balaban J connectivity index is 2.30. The van der Waals surface area contributed by atoms with E-state index in [1.165, 1.54) is 12.1 Å². The van der Waals surface area contributed by atoms with E-state index in [-0.39, 0.29) is 24.4 Å². The highest BCUT2D eigenvalue weighted by atomic mass is 19.1. The molecule has 0 bridgehead atoms. The minimum absolute atomic E-state index is 0.0243. The molecule has 2 N–H and O–H groups in total.